The van der Waals surface area contributed by atoms with Gasteiger partial charge in [-0.05, 0) is 61.3 Å². The highest BCUT2D eigenvalue weighted by Crippen LogP contribution is 2.40. The van der Waals surface area contributed by atoms with Gasteiger partial charge in [0.05, 0.1) is 0 Å². The number of nitrogens with two attached hydrogens (primary N) is 1. The van der Waals surface area contributed by atoms with E-state index in [2.05, 4.69) is 45.3 Å². The minimum Gasteiger partial charge on any atom is -0.271 e. The van der Waals surface area contributed by atoms with Crippen LogP contribution in [-0.4, -0.2) is 0 Å². The summed E-state index contributed by atoms with van der Waals surface area (Å²) in [6.45, 7) is 8.92. The zero-order chi connectivity index (χ0) is 13.3. The van der Waals surface area contributed by atoms with Gasteiger partial charge < -0.3 is 0 Å². The van der Waals surface area contributed by atoms with Gasteiger partial charge in [-0.2, -0.15) is 0 Å². The van der Waals surface area contributed by atoms with E-state index in [9.17, 15) is 0 Å². The molecule has 100 valence electrons. The third-order valence-electron chi connectivity index (χ3n) is 4.75. The molecule has 0 aliphatic heterocycles. The predicted molar refractivity (Wildman–Crippen MR) is 77.2 cm³/mol. The molecule has 0 saturated heterocycles. The lowest BCUT2D eigenvalue weighted by Gasteiger charge is -2.28. The van der Waals surface area contributed by atoms with Gasteiger partial charge in [0.25, 0.3) is 0 Å². The second-order valence-electron chi connectivity index (χ2n) is 6.01. The van der Waals surface area contributed by atoms with Gasteiger partial charge in [0, 0.05) is 6.04 Å². The molecule has 2 rings (SSSR count). The third-order valence-corrected chi connectivity index (χ3v) is 4.75. The van der Waals surface area contributed by atoms with Gasteiger partial charge in [-0.25, -0.2) is 0 Å². The third kappa shape index (κ3) is 2.45. The van der Waals surface area contributed by atoms with Gasteiger partial charge in [-0.15, -0.1) is 0 Å². The van der Waals surface area contributed by atoms with Gasteiger partial charge in [0.1, 0.15) is 0 Å². The second kappa shape index (κ2) is 5.41. The van der Waals surface area contributed by atoms with Crippen molar-refractivity contribution in [3.05, 3.63) is 34.4 Å². The molecule has 0 bridgehead atoms. The maximum atomic E-state index is 5.85. The number of hydrogen-bond acceptors (Lipinski definition) is 2. The first kappa shape index (κ1) is 13.6. The number of aryl methyl sites for hydroxylation is 3. The Morgan fingerprint density at radius 3 is 2.33 bits per heavy atom. The number of hydrazine groups is 1. The first-order valence-corrected chi connectivity index (χ1v) is 7.08. The maximum Gasteiger partial charge on any atom is 0.0493 e. The molecule has 0 spiro atoms. The smallest absolute Gasteiger partial charge is 0.0493 e. The molecule has 2 nitrogen and oxygen atoms in total. The van der Waals surface area contributed by atoms with Gasteiger partial charge in [-0.1, -0.05) is 31.9 Å². The zero-order valence-electron chi connectivity index (χ0n) is 12.1. The van der Waals surface area contributed by atoms with E-state index < -0.39 is 0 Å². The molecule has 1 aliphatic carbocycles. The van der Waals surface area contributed by atoms with E-state index in [0.717, 1.165) is 5.92 Å². The zero-order valence-corrected chi connectivity index (χ0v) is 12.1. The largest absolute Gasteiger partial charge is 0.271 e. The van der Waals surface area contributed by atoms with Crippen molar-refractivity contribution < 1.29 is 0 Å². The summed E-state index contributed by atoms with van der Waals surface area (Å²) in [6.07, 6.45) is 3.98. The van der Waals surface area contributed by atoms with E-state index in [1.807, 2.05) is 0 Å². The number of benzene rings is 1. The Morgan fingerprint density at radius 2 is 1.78 bits per heavy atom. The van der Waals surface area contributed by atoms with Gasteiger partial charge in [-0.3, -0.25) is 11.3 Å². The molecule has 1 fully saturated rings. The average molecular weight is 246 g/mol. The Labute approximate surface area is 111 Å². The highest BCUT2D eigenvalue weighted by atomic mass is 15.2. The number of nitrogens with one attached hydrogen (secondary N) is 1. The summed E-state index contributed by atoms with van der Waals surface area (Å²) in [4.78, 5) is 0. The molecule has 3 unspecified atom stereocenters. The Bertz CT molecular complexity index is 425. The molecule has 18 heavy (non-hydrogen) atoms. The lowest BCUT2D eigenvalue weighted by Crippen LogP contribution is -2.35. The summed E-state index contributed by atoms with van der Waals surface area (Å²) < 4.78 is 0. The van der Waals surface area contributed by atoms with E-state index in [0.29, 0.717) is 12.0 Å². The minimum atomic E-state index is 0.307. The van der Waals surface area contributed by atoms with E-state index >= 15 is 0 Å². The van der Waals surface area contributed by atoms with Crippen molar-refractivity contribution in [1.82, 2.24) is 5.43 Å². The molecule has 1 aliphatic rings. The maximum absolute atomic E-state index is 5.85. The van der Waals surface area contributed by atoms with Crippen molar-refractivity contribution in [3.8, 4) is 0 Å². The van der Waals surface area contributed by atoms with Crippen LogP contribution in [0.2, 0.25) is 0 Å². The van der Waals surface area contributed by atoms with Crippen molar-refractivity contribution in [2.24, 2.45) is 17.7 Å². The molecular weight excluding hydrogens is 220 g/mol. The molecule has 1 aromatic rings. The molecule has 0 radical (unpaired) electrons. The normalized spacial score (nSPS) is 25.4. The van der Waals surface area contributed by atoms with Crippen LogP contribution in [0.3, 0.4) is 0 Å². The molecule has 1 aromatic carbocycles. The summed E-state index contributed by atoms with van der Waals surface area (Å²) in [5.41, 5.74) is 8.56. The van der Waals surface area contributed by atoms with Crippen LogP contribution in [0, 0.1) is 32.6 Å². The monoisotopic (exact) mass is 246 g/mol. The highest BCUT2D eigenvalue weighted by molar-refractivity contribution is 5.38. The molecule has 0 aromatic heterocycles. The van der Waals surface area contributed by atoms with Crippen molar-refractivity contribution in [3.63, 3.8) is 0 Å². The lowest BCUT2D eigenvalue weighted by atomic mass is 9.83. The van der Waals surface area contributed by atoms with Crippen LogP contribution in [0.1, 0.15) is 54.5 Å². The van der Waals surface area contributed by atoms with Crippen LogP contribution in [0.15, 0.2) is 12.1 Å². The van der Waals surface area contributed by atoms with E-state index in [1.54, 1.807) is 0 Å². The Kier molecular flexibility index (Phi) is 4.08. The van der Waals surface area contributed by atoms with Crippen LogP contribution >= 0.6 is 0 Å². The second-order valence-corrected chi connectivity index (χ2v) is 6.01. The lowest BCUT2D eigenvalue weighted by molar-refractivity contribution is 0.303. The molecule has 0 heterocycles. The average Bonchev–Trinajstić information content (AvgIpc) is 2.73. The minimum absolute atomic E-state index is 0.307. The summed E-state index contributed by atoms with van der Waals surface area (Å²) >= 11 is 0. The van der Waals surface area contributed by atoms with Crippen molar-refractivity contribution in [2.45, 2.75) is 53.0 Å². The molecule has 3 atom stereocenters. The fourth-order valence-corrected chi connectivity index (χ4v) is 3.43. The van der Waals surface area contributed by atoms with E-state index in [-0.39, 0.29) is 0 Å². The Balaban J connectivity index is 2.35. The summed E-state index contributed by atoms with van der Waals surface area (Å²) in [6, 6.07) is 4.91. The van der Waals surface area contributed by atoms with Crippen LogP contribution < -0.4 is 11.3 Å². The SMILES string of the molecule is Cc1cc(C)c(C(NN)C2CCCC2C)cc1C. The van der Waals surface area contributed by atoms with Crippen LogP contribution in [0.25, 0.3) is 0 Å². The highest BCUT2D eigenvalue weighted by Gasteiger charge is 2.32. The van der Waals surface area contributed by atoms with Crippen molar-refractivity contribution >= 4 is 0 Å². The van der Waals surface area contributed by atoms with Crippen LogP contribution in [0.4, 0.5) is 0 Å². The summed E-state index contributed by atoms with van der Waals surface area (Å²) in [5.74, 6) is 7.30. The van der Waals surface area contributed by atoms with Crippen LogP contribution in [0.5, 0.6) is 0 Å². The molecule has 3 N–H and O–H groups in total. The first-order valence-electron chi connectivity index (χ1n) is 7.08. The number of hydrogen-bond donors (Lipinski definition) is 2. The van der Waals surface area contributed by atoms with E-state index in [1.165, 1.54) is 41.5 Å². The molecule has 1 saturated carbocycles. The van der Waals surface area contributed by atoms with Crippen LogP contribution in [-0.2, 0) is 0 Å². The standard InChI is InChI=1S/C16H26N2/c1-10-6-5-7-14(10)16(18-17)15-9-12(3)11(2)8-13(15)4/h8-10,14,16,18H,5-7,17H2,1-4H3. The molecule has 0 amide bonds. The molecular formula is C16H26N2. The predicted octanol–water partition coefficient (Wildman–Crippen LogP) is 3.55. The summed E-state index contributed by atoms with van der Waals surface area (Å²) in [7, 11) is 0. The summed E-state index contributed by atoms with van der Waals surface area (Å²) in [5, 5.41) is 0. The number of rotatable bonds is 3. The van der Waals surface area contributed by atoms with Gasteiger partial charge in [0.15, 0.2) is 0 Å². The fraction of sp³-hybridized carbons (Fsp3) is 0.625. The topological polar surface area (TPSA) is 38.0 Å². The van der Waals surface area contributed by atoms with Gasteiger partial charge >= 0.3 is 0 Å². The fourth-order valence-electron chi connectivity index (χ4n) is 3.43. The van der Waals surface area contributed by atoms with Crippen molar-refractivity contribution in [1.29, 1.82) is 0 Å². The Hall–Kier alpha value is -0.860. The van der Waals surface area contributed by atoms with E-state index in [4.69, 9.17) is 5.84 Å². The quantitative estimate of drug-likeness (QED) is 0.632. The molecule has 2 heteroatoms. The van der Waals surface area contributed by atoms with Crippen molar-refractivity contribution in [2.75, 3.05) is 0 Å². The van der Waals surface area contributed by atoms with Gasteiger partial charge in [0.2, 0.25) is 0 Å². The Morgan fingerprint density at radius 1 is 1.11 bits per heavy atom. The first-order chi connectivity index (χ1) is 8.54.